The predicted octanol–water partition coefficient (Wildman–Crippen LogP) is 4.90. The number of anilines is 1. The Morgan fingerprint density at radius 3 is 2.67 bits per heavy atom. The van der Waals surface area contributed by atoms with Gasteiger partial charge in [0.15, 0.2) is 0 Å². The maximum atomic E-state index is 4.82. The van der Waals surface area contributed by atoms with Gasteiger partial charge in [-0.25, -0.2) is 0 Å². The first kappa shape index (κ1) is 14.1. The van der Waals surface area contributed by atoms with Crippen LogP contribution in [0.2, 0.25) is 0 Å². The molecular formula is C14H16BrIN2. The van der Waals surface area contributed by atoms with Gasteiger partial charge in [0.2, 0.25) is 0 Å². The number of aromatic nitrogens is 1. The van der Waals surface area contributed by atoms with Gasteiger partial charge in [0.25, 0.3) is 0 Å². The lowest BCUT2D eigenvalue weighted by Gasteiger charge is -2.16. The van der Waals surface area contributed by atoms with Gasteiger partial charge in [-0.15, -0.1) is 0 Å². The molecule has 1 heterocycles. The van der Waals surface area contributed by atoms with E-state index in [4.69, 9.17) is 4.98 Å². The van der Waals surface area contributed by atoms with E-state index in [2.05, 4.69) is 76.7 Å². The Labute approximate surface area is 130 Å². The van der Waals surface area contributed by atoms with E-state index in [1.807, 2.05) is 0 Å². The minimum atomic E-state index is 0.918. The number of fused-ring (bicyclic) bond motifs is 1. The molecule has 2 aromatic rings. The second-order valence-corrected chi connectivity index (χ2v) is 6.21. The molecule has 2 rings (SSSR count). The van der Waals surface area contributed by atoms with Gasteiger partial charge in [0.1, 0.15) is 0 Å². The Balaban J connectivity index is 2.90. The lowest BCUT2D eigenvalue weighted by molar-refractivity contribution is 1.02. The van der Waals surface area contributed by atoms with Gasteiger partial charge in [0.05, 0.1) is 5.52 Å². The highest BCUT2D eigenvalue weighted by atomic mass is 127. The Morgan fingerprint density at radius 2 is 2.06 bits per heavy atom. The van der Waals surface area contributed by atoms with Crippen molar-refractivity contribution < 1.29 is 0 Å². The van der Waals surface area contributed by atoms with Crippen LogP contribution < -0.4 is 5.32 Å². The van der Waals surface area contributed by atoms with Crippen LogP contribution in [-0.2, 0) is 6.42 Å². The average molecular weight is 419 g/mol. The molecule has 18 heavy (non-hydrogen) atoms. The SMILES string of the molecule is CCNc1c(C)c(CC)nc2c(I)ccc(Br)c12. The second kappa shape index (κ2) is 5.74. The molecule has 0 saturated heterocycles. The molecular weight excluding hydrogens is 403 g/mol. The third-order valence-corrected chi connectivity index (χ3v) is 4.60. The van der Waals surface area contributed by atoms with Gasteiger partial charge in [-0.3, -0.25) is 4.98 Å². The summed E-state index contributed by atoms with van der Waals surface area (Å²) in [5.41, 5.74) is 4.73. The first-order chi connectivity index (χ1) is 8.60. The highest BCUT2D eigenvalue weighted by Gasteiger charge is 2.14. The first-order valence-corrected chi connectivity index (χ1v) is 7.98. The molecule has 4 heteroatoms. The van der Waals surface area contributed by atoms with E-state index in [0.717, 1.165) is 23.0 Å². The maximum absolute atomic E-state index is 4.82. The molecule has 1 aromatic heterocycles. The molecule has 0 radical (unpaired) electrons. The molecule has 0 fully saturated rings. The van der Waals surface area contributed by atoms with Gasteiger partial charge < -0.3 is 5.32 Å². The zero-order chi connectivity index (χ0) is 13.3. The summed E-state index contributed by atoms with van der Waals surface area (Å²) < 4.78 is 2.30. The summed E-state index contributed by atoms with van der Waals surface area (Å²) in [5.74, 6) is 0. The van der Waals surface area contributed by atoms with Crippen LogP contribution in [0.5, 0.6) is 0 Å². The quantitative estimate of drug-likeness (QED) is 0.716. The summed E-state index contributed by atoms with van der Waals surface area (Å²) in [4.78, 5) is 4.82. The number of nitrogens with zero attached hydrogens (tertiary/aromatic N) is 1. The largest absolute Gasteiger partial charge is 0.384 e. The van der Waals surface area contributed by atoms with E-state index < -0.39 is 0 Å². The third kappa shape index (κ3) is 2.37. The van der Waals surface area contributed by atoms with Crippen LogP contribution in [0.3, 0.4) is 0 Å². The first-order valence-electron chi connectivity index (χ1n) is 6.11. The number of nitrogens with one attached hydrogen (secondary N) is 1. The minimum Gasteiger partial charge on any atom is -0.384 e. The minimum absolute atomic E-state index is 0.918. The van der Waals surface area contributed by atoms with Crippen molar-refractivity contribution >= 4 is 55.1 Å². The van der Waals surface area contributed by atoms with Crippen molar-refractivity contribution in [2.24, 2.45) is 0 Å². The fourth-order valence-corrected chi connectivity index (χ4v) is 3.27. The number of hydrogen-bond donors (Lipinski definition) is 1. The third-order valence-electron chi connectivity index (χ3n) is 3.07. The molecule has 1 N–H and O–H groups in total. The van der Waals surface area contributed by atoms with Gasteiger partial charge in [-0.05, 0) is 60.6 Å². The molecule has 0 aliphatic heterocycles. The van der Waals surface area contributed by atoms with E-state index in [1.165, 1.54) is 25.9 Å². The van der Waals surface area contributed by atoms with Crippen LogP contribution >= 0.6 is 38.5 Å². The number of benzene rings is 1. The number of hydrogen-bond acceptors (Lipinski definition) is 2. The van der Waals surface area contributed by atoms with E-state index >= 15 is 0 Å². The van der Waals surface area contributed by atoms with Crippen molar-refractivity contribution in [1.29, 1.82) is 0 Å². The highest BCUT2D eigenvalue weighted by molar-refractivity contribution is 14.1. The molecule has 96 valence electrons. The average Bonchev–Trinajstić information content (AvgIpc) is 2.36. The topological polar surface area (TPSA) is 24.9 Å². The summed E-state index contributed by atoms with van der Waals surface area (Å²) in [7, 11) is 0. The lowest BCUT2D eigenvalue weighted by atomic mass is 10.1. The predicted molar refractivity (Wildman–Crippen MR) is 90.4 cm³/mol. The fourth-order valence-electron chi connectivity index (χ4n) is 2.18. The van der Waals surface area contributed by atoms with E-state index in [9.17, 15) is 0 Å². The van der Waals surface area contributed by atoms with Crippen LogP contribution in [0.4, 0.5) is 5.69 Å². The molecule has 0 spiro atoms. The molecule has 1 aromatic carbocycles. The summed E-state index contributed by atoms with van der Waals surface area (Å²) in [6, 6.07) is 4.20. The van der Waals surface area contributed by atoms with E-state index in [0.29, 0.717) is 0 Å². The molecule has 2 nitrogen and oxygen atoms in total. The molecule has 0 saturated carbocycles. The summed E-state index contributed by atoms with van der Waals surface area (Å²) in [6.07, 6.45) is 0.961. The van der Waals surface area contributed by atoms with Crippen molar-refractivity contribution in [1.82, 2.24) is 4.98 Å². The van der Waals surface area contributed by atoms with Crippen molar-refractivity contribution in [3.05, 3.63) is 31.4 Å². The highest BCUT2D eigenvalue weighted by Crippen LogP contribution is 2.35. The van der Waals surface area contributed by atoms with Crippen molar-refractivity contribution in [2.45, 2.75) is 27.2 Å². The van der Waals surface area contributed by atoms with Crippen LogP contribution in [0.1, 0.15) is 25.1 Å². The fraction of sp³-hybridized carbons (Fsp3) is 0.357. The van der Waals surface area contributed by atoms with Crippen LogP contribution in [0.25, 0.3) is 10.9 Å². The summed E-state index contributed by atoms with van der Waals surface area (Å²) in [5, 5.41) is 4.68. The zero-order valence-electron chi connectivity index (χ0n) is 10.8. The number of rotatable bonds is 3. The van der Waals surface area contributed by atoms with Gasteiger partial charge in [-0.2, -0.15) is 0 Å². The Hall–Kier alpha value is -0.360. The summed E-state index contributed by atoms with van der Waals surface area (Å²) >= 11 is 6.00. The Kier molecular flexibility index (Phi) is 4.48. The van der Waals surface area contributed by atoms with Gasteiger partial charge in [0, 0.05) is 31.4 Å². The molecule has 0 atom stereocenters. The van der Waals surface area contributed by atoms with Crippen molar-refractivity contribution in [3.8, 4) is 0 Å². The monoisotopic (exact) mass is 418 g/mol. The molecule has 0 aliphatic carbocycles. The maximum Gasteiger partial charge on any atom is 0.0871 e. The number of aryl methyl sites for hydroxylation is 1. The van der Waals surface area contributed by atoms with Crippen LogP contribution in [-0.4, -0.2) is 11.5 Å². The second-order valence-electron chi connectivity index (χ2n) is 4.20. The molecule has 0 bridgehead atoms. The van der Waals surface area contributed by atoms with Gasteiger partial charge >= 0.3 is 0 Å². The molecule has 0 aliphatic rings. The zero-order valence-corrected chi connectivity index (χ0v) is 14.5. The van der Waals surface area contributed by atoms with Crippen LogP contribution in [0, 0.1) is 10.5 Å². The van der Waals surface area contributed by atoms with Gasteiger partial charge in [-0.1, -0.05) is 22.9 Å². The Bertz CT molecular complexity index is 596. The van der Waals surface area contributed by atoms with E-state index in [-0.39, 0.29) is 0 Å². The smallest absolute Gasteiger partial charge is 0.0871 e. The van der Waals surface area contributed by atoms with Crippen molar-refractivity contribution in [3.63, 3.8) is 0 Å². The van der Waals surface area contributed by atoms with Crippen LogP contribution in [0.15, 0.2) is 16.6 Å². The van der Waals surface area contributed by atoms with E-state index in [1.54, 1.807) is 0 Å². The normalized spacial score (nSPS) is 10.9. The summed E-state index contributed by atoms with van der Waals surface area (Å²) in [6.45, 7) is 7.34. The molecule has 0 amide bonds. The van der Waals surface area contributed by atoms with Crippen molar-refractivity contribution in [2.75, 3.05) is 11.9 Å². The Morgan fingerprint density at radius 1 is 1.33 bits per heavy atom. The number of halogens is 2. The standard InChI is InChI=1S/C14H16BrIN2/c1-4-11-8(3)13(17-5-2)12-9(15)6-7-10(16)14(12)18-11/h6-7H,4-5H2,1-3H3,(H,17,18). The lowest BCUT2D eigenvalue weighted by Crippen LogP contribution is -2.05. The number of pyridine rings is 1. The molecule has 0 unspecified atom stereocenters.